The van der Waals surface area contributed by atoms with Gasteiger partial charge in [0.2, 0.25) is 0 Å². The lowest BCUT2D eigenvalue weighted by atomic mass is 10.1. The Hall–Kier alpha value is -1.29. The number of nitrogens with zero attached hydrogens (tertiary/aromatic N) is 3. The highest BCUT2D eigenvalue weighted by molar-refractivity contribution is 6.76. The van der Waals surface area contributed by atoms with Crippen molar-refractivity contribution in [2.45, 2.75) is 77.4 Å². The van der Waals surface area contributed by atoms with Gasteiger partial charge in [-0.3, -0.25) is 4.98 Å². The first-order chi connectivity index (χ1) is 12.9. The van der Waals surface area contributed by atoms with E-state index in [0.29, 0.717) is 6.73 Å². The Bertz CT molecular complexity index is 734. The molecule has 0 aliphatic heterocycles. The maximum Gasteiger partial charge on any atom is 0.193 e. The van der Waals surface area contributed by atoms with E-state index >= 15 is 0 Å². The van der Waals surface area contributed by atoms with Crippen molar-refractivity contribution in [3.63, 3.8) is 0 Å². The average molecular weight is 420 g/mol. The zero-order valence-corrected chi connectivity index (χ0v) is 20.8. The van der Waals surface area contributed by atoms with Crippen LogP contribution in [0.25, 0.3) is 0 Å². The van der Waals surface area contributed by atoms with Crippen molar-refractivity contribution in [1.82, 2.24) is 14.5 Å². The van der Waals surface area contributed by atoms with E-state index in [0.717, 1.165) is 17.9 Å². The second-order valence-electron chi connectivity index (χ2n) is 10.2. The van der Waals surface area contributed by atoms with E-state index in [1.165, 1.54) is 6.04 Å². The van der Waals surface area contributed by atoms with E-state index < -0.39 is 16.4 Å². The fourth-order valence-electron chi connectivity index (χ4n) is 2.43. The molecule has 2 aromatic rings. The molecule has 2 rings (SSSR count). The highest BCUT2D eigenvalue weighted by atomic mass is 28.4. The maximum absolute atomic E-state index is 6.75. The quantitative estimate of drug-likeness (QED) is 0.386. The number of ether oxygens (including phenoxy) is 1. The van der Waals surface area contributed by atoms with Crippen LogP contribution in [-0.2, 0) is 15.9 Å². The molecule has 0 fully saturated rings. The highest BCUT2D eigenvalue weighted by Crippen LogP contribution is 2.41. The summed E-state index contributed by atoms with van der Waals surface area (Å²) >= 11 is 0. The van der Waals surface area contributed by atoms with Gasteiger partial charge in [0.15, 0.2) is 8.32 Å². The summed E-state index contributed by atoms with van der Waals surface area (Å²) in [7, 11) is -3.05. The van der Waals surface area contributed by atoms with E-state index in [1.54, 1.807) is 6.20 Å². The summed E-state index contributed by atoms with van der Waals surface area (Å²) in [5, 5.41) is 0.121. The van der Waals surface area contributed by atoms with Gasteiger partial charge in [0.25, 0.3) is 0 Å². The predicted octanol–water partition coefficient (Wildman–Crippen LogP) is 5.70. The third-order valence-electron chi connectivity index (χ3n) is 5.36. The molecule has 0 bridgehead atoms. The topological polar surface area (TPSA) is 49.2 Å². The Morgan fingerprint density at radius 2 is 1.86 bits per heavy atom. The van der Waals surface area contributed by atoms with Gasteiger partial charge < -0.3 is 13.7 Å². The fraction of sp³-hybridized carbons (Fsp3) is 0.619. The zero-order chi connectivity index (χ0) is 21.0. The largest absolute Gasteiger partial charge is 0.404 e. The van der Waals surface area contributed by atoms with E-state index in [-0.39, 0.29) is 11.1 Å². The molecule has 0 aliphatic rings. The third-order valence-corrected chi connectivity index (χ3v) is 11.5. The molecule has 0 spiro atoms. The van der Waals surface area contributed by atoms with Gasteiger partial charge in [0, 0.05) is 38.8 Å². The third kappa shape index (κ3) is 6.65. The van der Waals surface area contributed by atoms with Crippen LogP contribution in [0.15, 0.2) is 37.1 Å². The molecular weight excluding hydrogens is 382 g/mol. The normalized spacial score (nSPS) is 14.3. The van der Waals surface area contributed by atoms with Gasteiger partial charge in [0.05, 0.1) is 12.0 Å². The van der Waals surface area contributed by atoms with Gasteiger partial charge >= 0.3 is 0 Å². The molecule has 2 heterocycles. The summed E-state index contributed by atoms with van der Waals surface area (Å²) < 4.78 is 14.6. The predicted molar refractivity (Wildman–Crippen MR) is 121 cm³/mol. The Kier molecular flexibility index (Phi) is 7.41. The van der Waals surface area contributed by atoms with Crippen molar-refractivity contribution in [2.24, 2.45) is 0 Å². The lowest BCUT2D eigenvalue weighted by Gasteiger charge is -2.39. The summed E-state index contributed by atoms with van der Waals surface area (Å²) in [5.74, 6) is 0. The Balaban J connectivity index is 2.15. The minimum absolute atomic E-state index is 0.121. The smallest absolute Gasteiger partial charge is 0.193 e. The molecule has 1 atom stereocenters. The second kappa shape index (κ2) is 9.03. The number of aromatic nitrogens is 3. The van der Waals surface area contributed by atoms with Crippen molar-refractivity contribution in [1.29, 1.82) is 0 Å². The van der Waals surface area contributed by atoms with Crippen molar-refractivity contribution in [3.05, 3.63) is 48.3 Å². The zero-order valence-electron chi connectivity index (χ0n) is 18.8. The number of rotatable bonds is 9. The van der Waals surface area contributed by atoms with Crippen molar-refractivity contribution in [3.8, 4) is 0 Å². The van der Waals surface area contributed by atoms with E-state index in [9.17, 15) is 0 Å². The standard InChI is InChI=1S/C21H37N3O2Si2/c1-21(2,3)28(7,8)26-20(18-10-9-11-22-14-18)19-15-24(16-23-19)17-25-12-13-27(4,5)6/h9-11,14-16,20H,12-13,17H2,1-8H3. The minimum Gasteiger partial charge on any atom is -0.404 e. The summed E-state index contributed by atoms with van der Waals surface area (Å²) in [4.78, 5) is 8.94. The first-order valence-corrected chi connectivity index (χ1v) is 16.7. The molecule has 0 radical (unpaired) electrons. The SMILES string of the molecule is CC(C)(C)[Si](C)(C)OC(c1cccnc1)c1cn(COCC[Si](C)(C)C)cn1. The van der Waals surface area contributed by atoms with Crippen LogP contribution in [0.2, 0.25) is 43.8 Å². The van der Waals surface area contributed by atoms with Crippen LogP contribution in [0.3, 0.4) is 0 Å². The van der Waals surface area contributed by atoms with Gasteiger partial charge in [-0.25, -0.2) is 4.98 Å². The van der Waals surface area contributed by atoms with E-state index in [1.807, 2.05) is 29.4 Å². The first kappa shape index (κ1) is 23.0. The van der Waals surface area contributed by atoms with Crippen LogP contribution in [0.5, 0.6) is 0 Å². The van der Waals surface area contributed by atoms with Crippen LogP contribution in [0, 0.1) is 0 Å². The van der Waals surface area contributed by atoms with Crippen molar-refractivity contribution < 1.29 is 9.16 Å². The monoisotopic (exact) mass is 419 g/mol. The number of hydrogen-bond donors (Lipinski definition) is 0. The molecule has 0 N–H and O–H groups in total. The molecule has 1 unspecified atom stereocenters. The Labute approximate surface area is 172 Å². The Morgan fingerprint density at radius 3 is 2.43 bits per heavy atom. The molecule has 5 nitrogen and oxygen atoms in total. The van der Waals surface area contributed by atoms with Crippen molar-refractivity contribution >= 4 is 16.4 Å². The lowest BCUT2D eigenvalue weighted by molar-refractivity contribution is 0.0869. The molecule has 156 valence electrons. The molecule has 0 saturated carbocycles. The van der Waals surface area contributed by atoms with Gasteiger partial charge in [-0.05, 0) is 30.2 Å². The van der Waals surface area contributed by atoms with Crippen molar-refractivity contribution in [2.75, 3.05) is 6.61 Å². The molecule has 28 heavy (non-hydrogen) atoms. The summed E-state index contributed by atoms with van der Waals surface area (Å²) in [6.45, 7) is 19.7. The molecule has 0 amide bonds. The molecule has 0 saturated heterocycles. The number of imidazole rings is 1. The summed E-state index contributed by atoms with van der Waals surface area (Å²) in [5.41, 5.74) is 1.95. The lowest BCUT2D eigenvalue weighted by Crippen LogP contribution is -2.42. The Morgan fingerprint density at radius 1 is 1.14 bits per heavy atom. The van der Waals surface area contributed by atoms with Gasteiger partial charge in [-0.15, -0.1) is 0 Å². The van der Waals surface area contributed by atoms with E-state index in [2.05, 4.69) is 69.5 Å². The van der Waals surface area contributed by atoms with Crippen LogP contribution in [-0.4, -0.2) is 37.5 Å². The maximum atomic E-state index is 6.75. The number of pyridine rings is 1. The van der Waals surface area contributed by atoms with Gasteiger partial charge in [-0.1, -0.05) is 46.5 Å². The summed E-state index contributed by atoms with van der Waals surface area (Å²) in [6, 6.07) is 5.18. The molecule has 0 aliphatic carbocycles. The second-order valence-corrected chi connectivity index (χ2v) is 20.6. The highest BCUT2D eigenvalue weighted by Gasteiger charge is 2.40. The molecule has 2 aromatic heterocycles. The first-order valence-electron chi connectivity index (χ1n) is 10.1. The molecule has 0 aromatic carbocycles. The van der Waals surface area contributed by atoms with Crippen LogP contribution >= 0.6 is 0 Å². The summed E-state index contributed by atoms with van der Waals surface area (Å²) in [6.07, 6.45) is 7.33. The number of hydrogen-bond acceptors (Lipinski definition) is 4. The molecule has 7 heteroatoms. The van der Waals surface area contributed by atoms with Crippen LogP contribution < -0.4 is 0 Å². The van der Waals surface area contributed by atoms with Crippen LogP contribution in [0.1, 0.15) is 38.1 Å². The van der Waals surface area contributed by atoms with Gasteiger partial charge in [0.1, 0.15) is 12.8 Å². The van der Waals surface area contributed by atoms with E-state index in [4.69, 9.17) is 9.16 Å². The van der Waals surface area contributed by atoms with Gasteiger partial charge in [-0.2, -0.15) is 0 Å². The average Bonchev–Trinajstić information content (AvgIpc) is 3.04. The molecular formula is C21H37N3O2Si2. The van der Waals surface area contributed by atoms with Crippen LogP contribution in [0.4, 0.5) is 0 Å². The fourth-order valence-corrected chi connectivity index (χ4v) is 4.39. The minimum atomic E-state index is -1.98.